The van der Waals surface area contributed by atoms with E-state index in [1.54, 1.807) is 48.8 Å². The van der Waals surface area contributed by atoms with Gasteiger partial charge < -0.3 is 34.0 Å². The smallest absolute Gasteiger partial charge is 0.357 e. The third-order valence-electron chi connectivity index (χ3n) is 19.1. The van der Waals surface area contributed by atoms with Crippen LogP contribution in [0.15, 0.2) is 196 Å². The minimum absolute atomic E-state index is 0. The summed E-state index contributed by atoms with van der Waals surface area (Å²) in [6.45, 7) is 9.61. The number of nitro groups is 3. The lowest BCUT2D eigenvalue weighted by Gasteiger charge is -2.36. The number of piperazine rings is 3. The summed E-state index contributed by atoms with van der Waals surface area (Å²) >= 11 is 0. The zero-order valence-electron chi connectivity index (χ0n) is 58.0. The van der Waals surface area contributed by atoms with Gasteiger partial charge in [-0.3, -0.25) is 68.2 Å². The van der Waals surface area contributed by atoms with Gasteiger partial charge in [-0.25, -0.2) is 17.6 Å². The number of anilines is 3. The van der Waals surface area contributed by atoms with Crippen molar-refractivity contribution in [1.29, 1.82) is 0 Å². The number of rotatable bonds is 13. The van der Waals surface area contributed by atoms with Crippen molar-refractivity contribution in [2.75, 3.05) is 93.2 Å². The number of carbonyl (C=O) groups excluding carboxylic acids is 3. The van der Waals surface area contributed by atoms with Gasteiger partial charge in [0.05, 0.1) is 44.4 Å². The molecular formula is C81H82F4N12O12. The van der Waals surface area contributed by atoms with E-state index in [1.165, 1.54) is 106 Å². The summed E-state index contributed by atoms with van der Waals surface area (Å²) in [7, 11) is 1.52. The maximum Gasteiger partial charge on any atom is 0.357 e. The Labute approximate surface area is 624 Å². The minimum Gasteiger partial charge on any atom is -0.362 e. The molecule has 0 unspecified atom stereocenters. The molecule has 28 heteroatoms. The fourth-order valence-electron chi connectivity index (χ4n) is 13.7. The van der Waals surface area contributed by atoms with Gasteiger partial charge in [0.15, 0.2) is 0 Å². The van der Waals surface area contributed by atoms with Gasteiger partial charge in [0.25, 0.3) is 17.7 Å². The Morgan fingerprint density at radius 3 is 0.927 bits per heavy atom. The zero-order valence-corrected chi connectivity index (χ0v) is 58.0. The molecule has 11 aromatic rings. The van der Waals surface area contributed by atoms with Gasteiger partial charge in [-0.05, 0) is 153 Å². The van der Waals surface area contributed by atoms with Gasteiger partial charge in [0.2, 0.25) is 0 Å². The van der Waals surface area contributed by atoms with Crippen LogP contribution in [0.5, 0.6) is 0 Å². The van der Waals surface area contributed by atoms with Crippen LogP contribution in [0.1, 0.15) is 81.2 Å². The van der Waals surface area contributed by atoms with E-state index in [-0.39, 0.29) is 90.6 Å². The number of pyridine rings is 3. The highest BCUT2D eigenvalue weighted by Gasteiger charge is 2.36. The van der Waals surface area contributed by atoms with E-state index in [0.29, 0.717) is 113 Å². The van der Waals surface area contributed by atoms with E-state index in [1.807, 2.05) is 98.5 Å². The number of aryl methyl sites for hydroxylation is 4. The van der Waals surface area contributed by atoms with E-state index in [4.69, 9.17) is 0 Å². The molecule has 0 atom stereocenters. The lowest BCUT2D eigenvalue weighted by Crippen LogP contribution is -2.49. The number of halogens is 4. The Morgan fingerprint density at radius 1 is 0.358 bits per heavy atom. The first-order valence-electron chi connectivity index (χ1n) is 33.9. The van der Waals surface area contributed by atoms with E-state index >= 15 is 0 Å². The van der Waals surface area contributed by atoms with Crippen LogP contribution in [0.4, 0.5) is 51.7 Å². The monoisotopic (exact) mass is 1490 g/mol. The molecule has 14 rings (SSSR count). The molecule has 3 amide bonds. The SMILES string of the molecule is C.C.C.Cc1ccc2c(c1)c(N1CCN(C(=O)c3ccc(F)cc3)CC1)c([N+](=O)[O-])c(=O)n2C.Cc1ccc2c(c1)c(N1CCN(C(=O)c3ccc(F)cc3)CC1)c([N+](=O)[O-])c(=O)n2Cc1ccc(F)cc1.Cc1ccc2c(c1)c(N1CCN(C(=O)c3ccc(F)cc3)CC1)c([N+](=O)[O-])c(=O)n2Cc1ccccc1. The highest BCUT2D eigenvalue weighted by molar-refractivity contribution is 6.01. The summed E-state index contributed by atoms with van der Waals surface area (Å²) in [5.41, 5.74) is 4.33. The van der Waals surface area contributed by atoms with Crippen molar-refractivity contribution < 1.29 is 46.7 Å². The van der Waals surface area contributed by atoms with Crippen molar-refractivity contribution in [3.63, 3.8) is 0 Å². The van der Waals surface area contributed by atoms with Crippen molar-refractivity contribution in [1.82, 2.24) is 28.4 Å². The summed E-state index contributed by atoms with van der Waals surface area (Å²) in [5.74, 6) is -2.39. The van der Waals surface area contributed by atoms with Crippen LogP contribution in [0, 0.1) is 74.4 Å². The molecule has 3 fully saturated rings. The number of benzene rings is 8. The summed E-state index contributed by atoms with van der Waals surface area (Å²) in [5, 5.41) is 38.2. The molecule has 3 aliphatic rings. The van der Waals surface area contributed by atoms with Crippen LogP contribution in [0.2, 0.25) is 0 Å². The standard InChI is InChI=1S/C28H24F2N4O4.C28H25FN4O4.C22H21FN4O4.3CH4/c1-18-2-11-24-23(16-18)25(26(34(37)38)28(36)33(24)17-19-3-7-21(29)8-4-19)31-12-14-32(15-13-31)27(35)20-5-9-22(30)10-6-20;1-19-7-12-24-23(17-19)25(26(33(36)37)28(35)32(24)18-20-5-3-2-4-6-20)30-13-15-31(16-14-30)27(34)21-8-10-22(29)11-9-21;1-14-3-8-18-17(13-14)19(20(27(30)31)22(29)24(18)2)25-9-11-26(12-10-25)21(28)15-4-6-16(23)7-5-15;;;/h2-11,16H,12-15,17H2,1H3;2-12,17H,13-16,18H2,1H3;3-8,13H,9-12H2,1-2H3;3*1H4. The molecule has 109 heavy (non-hydrogen) atoms. The molecule has 24 nitrogen and oxygen atoms in total. The highest BCUT2D eigenvalue weighted by atomic mass is 19.1. The molecule has 0 spiro atoms. The van der Waals surface area contributed by atoms with Gasteiger partial charge in [0, 0.05) is 118 Å². The van der Waals surface area contributed by atoms with Crippen molar-refractivity contribution in [2.45, 2.75) is 56.1 Å². The molecule has 566 valence electrons. The molecule has 0 bridgehead atoms. The largest absolute Gasteiger partial charge is 0.362 e. The number of hydrogen-bond donors (Lipinski definition) is 0. The average molecular weight is 1490 g/mol. The third-order valence-corrected chi connectivity index (χ3v) is 19.1. The van der Waals surface area contributed by atoms with Gasteiger partial charge >= 0.3 is 33.7 Å². The molecule has 0 aliphatic carbocycles. The summed E-state index contributed by atoms with van der Waals surface area (Å²) in [6, 6.07) is 47.5. The van der Waals surface area contributed by atoms with Gasteiger partial charge in [-0.15, -0.1) is 0 Å². The number of nitrogens with zero attached hydrogens (tertiary/aromatic N) is 12. The maximum absolute atomic E-state index is 13.6. The van der Waals surface area contributed by atoms with Crippen LogP contribution >= 0.6 is 0 Å². The maximum atomic E-state index is 13.6. The fourth-order valence-corrected chi connectivity index (χ4v) is 13.7. The predicted octanol–water partition coefficient (Wildman–Crippen LogP) is 13.6. The Bertz CT molecular complexity index is 5450. The first kappa shape index (κ1) is 80.2. The molecule has 3 saturated heterocycles. The minimum atomic E-state index is -0.754. The first-order chi connectivity index (χ1) is 50.8. The van der Waals surface area contributed by atoms with E-state index in [2.05, 4.69) is 0 Å². The highest BCUT2D eigenvalue weighted by Crippen LogP contribution is 2.39. The van der Waals surface area contributed by atoms with Crippen LogP contribution in [0.25, 0.3) is 32.7 Å². The van der Waals surface area contributed by atoms with Gasteiger partial charge in [-0.2, -0.15) is 0 Å². The summed E-state index contributed by atoms with van der Waals surface area (Å²) in [6.07, 6.45) is 0. The molecule has 0 saturated carbocycles. The van der Waals surface area contributed by atoms with Crippen LogP contribution in [-0.4, -0.2) is 139 Å². The zero-order chi connectivity index (χ0) is 75.4. The summed E-state index contributed by atoms with van der Waals surface area (Å²) < 4.78 is 57.2. The summed E-state index contributed by atoms with van der Waals surface area (Å²) in [4.78, 5) is 123. The van der Waals surface area contributed by atoms with Gasteiger partial charge in [0.1, 0.15) is 40.3 Å². The number of amides is 3. The van der Waals surface area contributed by atoms with E-state index in [9.17, 15) is 76.7 Å². The lowest BCUT2D eigenvalue weighted by atomic mass is 10.1. The molecule has 8 aromatic carbocycles. The second-order valence-electron chi connectivity index (χ2n) is 26.0. The lowest BCUT2D eigenvalue weighted by molar-refractivity contribution is -0.385. The van der Waals surface area contributed by atoms with E-state index < -0.39 is 71.8 Å². The molecular weight excluding hydrogens is 1410 g/mol. The average Bonchev–Trinajstić information content (AvgIpc) is 0.757. The normalized spacial score (nSPS) is 13.4. The number of hydrogen-bond acceptors (Lipinski definition) is 15. The fraction of sp³-hybridized carbons (Fsp3) is 0.259. The molecule has 3 aliphatic heterocycles. The Hall–Kier alpha value is -12.9. The number of fused-ring (bicyclic) bond motifs is 3. The first-order valence-corrected chi connectivity index (χ1v) is 33.9. The van der Waals surface area contributed by atoms with Crippen LogP contribution in [-0.2, 0) is 20.1 Å². The van der Waals surface area contributed by atoms with Crippen LogP contribution in [0.3, 0.4) is 0 Å². The molecule has 0 radical (unpaired) electrons. The van der Waals surface area contributed by atoms with E-state index in [0.717, 1.165) is 22.3 Å². The second kappa shape index (κ2) is 34.1. The second-order valence-corrected chi connectivity index (χ2v) is 26.0. The molecule has 3 aromatic heterocycles. The Kier molecular flexibility index (Phi) is 25.1. The van der Waals surface area contributed by atoms with Gasteiger partial charge in [-0.1, -0.05) is 99.6 Å². The van der Waals surface area contributed by atoms with Crippen molar-refractivity contribution >= 4 is 84.6 Å². The quantitative estimate of drug-likeness (QED) is 0.0590. The number of aromatic nitrogens is 3. The predicted molar refractivity (Wildman–Crippen MR) is 415 cm³/mol. The topological polar surface area (TPSA) is 266 Å². The molecule has 6 heterocycles. The third kappa shape index (κ3) is 17.0. The molecule has 0 N–H and O–H groups in total. The van der Waals surface area contributed by atoms with Crippen molar-refractivity contribution in [3.05, 3.63) is 311 Å². The van der Waals surface area contributed by atoms with Crippen molar-refractivity contribution in [2.24, 2.45) is 7.05 Å². The Morgan fingerprint density at radius 2 is 0.624 bits per heavy atom. The van der Waals surface area contributed by atoms with Crippen LogP contribution < -0.4 is 31.4 Å². The Balaban J connectivity index is 0.000000187. The van der Waals surface area contributed by atoms with Crippen molar-refractivity contribution in [3.8, 4) is 0 Å². The number of carbonyl (C=O) groups is 3.